The Hall–Kier alpha value is -0.940. The van der Waals surface area contributed by atoms with Crippen molar-refractivity contribution in [2.75, 3.05) is 34.0 Å². The van der Waals surface area contributed by atoms with Crippen molar-refractivity contribution in [3.8, 4) is 0 Å². The molecule has 0 aromatic heterocycles. The van der Waals surface area contributed by atoms with Crippen LogP contribution in [0, 0.1) is 0 Å². The molecule has 0 saturated carbocycles. The maximum absolute atomic E-state index is 9.24. The van der Waals surface area contributed by atoms with E-state index in [1.165, 1.54) is 0 Å². The van der Waals surface area contributed by atoms with E-state index < -0.39 is 0 Å². The Bertz CT molecular complexity index is 292. The summed E-state index contributed by atoms with van der Waals surface area (Å²) in [6, 6.07) is 10.0. The van der Waals surface area contributed by atoms with E-state index in [9.17, 15) is 5.11 Å². The van der Waals surface area contributed by atoms with Crippen molar-refractivity contribution in [3.63, 3.8) is 0 Å². The van der Waals surface area contributed by atoms with Crippen LogP contribution in [0.4, 0.5) is 0 Å². The maximum atomic E-state index is 9.24. The number of aliphatic hydroxyl groups excluding tert-OH is 1. The van der Waals surface area contributed by atoms with Crippen molar-refractivity contribution >= 4 is 0 Å². The summed E-state index contributed by atoms with van der Waals surface area (Å²) >= 11 is 0. The van der Waals surface area contributed by atoms with E-state index in [1.54, 1.807) is 14.2 Å². The number of nitrogens with one attached hydrogen (secondary N) is 1. The van der Waals surface area contributed by atoms with Crippen LogP contribution in [0.3, 0.4) is 0 Å². The van der Waals surface area contributed by atoms with Gasteiger partial charge in [-0.3, -0.25) is 0 Å². The molecule has 4 heteroatoms. The molecule has 0 radical (unpaired) electrons. The Kier molecular flexibility index (Phi) is 6.81. The largest absolute Gasteiger partial charge is 0.395 e. The van der Waals surface area contributed by atoms with E-state index in [1.807, 2.05) is 30.3 Å². The fourth-order valence-corrected chi connectivity index (χ4v) is 1.73. The fourth-order valence-electron chi connectivity index (χ4n) is 1.73. The lowest BCUT2D eigenvalue weighted by Crippen LogP contribution is -2.40. The zero-order chi connectivity index (χ0) is 12.5. The second-order valence-corrected chi connectivity index (χ2v) is 3.92. The normalized spacial score (nSPS) is 14.5. The number of hydrogen-bond donors (Lipinski definition) is 2. The number of hydrogen-bond acceptors (Lipinski definition) is 4. The molecule has 1 rings (SSSR count). The Morgan fingerprint density at radius 1 is 1.12 bits per heavy atom. The monoisotopic (exact) mass is 239 g/mol. The second kappa shape index (κ2) is 8.20. The number of benzene rings is 1. The van der Waals surface area contributed by atoms with E-state index in [2.05, 4.69) is 5.32 Å². The average molecular weight is 239 g/mol. The molecular formula is C13H21NO3. The van der Waals surface area contributed by atoms with E-state index in [4.69, 9.17) is 9.47 Å². The summed E-state index contributed by atoms with van der Waals surface area (Å²) in [5.41, 5.74) is 1.14. The third-order valence-electron chi connectivity index (χ3n) is 2.56. The number of aliphatic hydroxyl groups is 1. The highest BCUT2D eigenvalue weighted by Gasteiger charge is 2.16. The first-order valence-corrected chi connectivity index (χ1v) is 5.71. The molecule has 0 amide bonds. The SMILES string of the molecule is COCC(CO)NC(COC)c1ccccc1. The molecule has 0 saturated heterocycles. The molecule has 2 unspecified atom stereocenters. The smallest absolute Gasteiger partial charge is 0.0657 e. The van der Waals surface area contributed by atoms with Crippen molar-refractivity contribution in [2.24, 2.45) is 0 Å². The van der Waals surface area contributed by atoms with Gasteiger partial charge in [0.25, 0.3) is 0 Å². The third kappa shape index (κ3) is 4.83. The van der Waals surface area contributed by atoms with Gasteiger partial charge in [0, 0.05) is 14.2 Å². The van der Waals surface area contributed by atoms with Crippen LogP contribution in [0.15, 0.2) is 30.3 Å². The molecule has 96 valence electrons. The Balaban J connectivity index is 2.65. The van der Waals surface area contributed by atoms with E-state index in [0.29, 0.717) is 13.2 Å². The molecule has 4 nitrogen and oxygen atoms in total. The van der Waals surface area contributed by atoms with Gasteiger partial charge in [0.2, 0.25) is 0 Å². The molecule has 1 aromatic rings. The lowest BCUT2D eigenvalue weighted by Gasteiger charge is -2.24. The predicted molar refractivity (Wildman–Crippen MR) is 66.9 cm³/mol. The molecule has 17 heavy (non-hydrogen) atoms. The van der Waals surface area contributed by atoms with Gasteiger partial charge >= 0.3 is 0 Å². The first kappa shape index (κ1) is 14.1. The van der Waals surface area contributed by atoms with Gasteiger partial charge in [-0.1, -0.05) is 30.3 Å². The van der Waals surface area contributed by atoms with Crippen molar-refractivity contribution in [1.82, 2.24) is 5.32 Å². The maximum Gasteiger partial charge on any atom is 0.0657 e. The zero-order valence-corrected chi connectivity index (χ0v) is 10.4. The van der Waals surface area contributed by atoms with Crippen LogP contribution in [0.2, 0.25) is 0 Å². The van der Waals surface area contributed by atoms with Gasteiger partial charge in [-0.2, -0.15) is 0 Å². The summed E-state index contributed by atoms with van der Waals surface area (Å²) in [6.45, 7) is 1.08. The van der Waals surface area contributed by atoms with Gasteiger partial charge < -0.3 is 19.9 Å². The molecule has 1 aromatic carbocycles. The lowest BCUT2D eigenvalue weighted by atomic mass is 10.1. The highest BCUT2D eigenvalue weighted by molar-refractivity contribution is 5.19. The van der Waals surface area contributed by atoms with Crippen LogP contribution in [-0.4, -0.2) is 45.2 Å². The summed E-state index contributed by atoms with van der Waals surface area (Å²) < 4.78 is 10.2. The summed E-state index contributed by atoms with van der Waals surface area (Å²) in [5.74, 6) is 0. The fraction of sp³-hybridized carbons (Fsp3) is 0.538. The average Bonchev–Trinajstić information content (AvgIpc) is 2.38. The van der Waals surface area contributed by atoms with Gasteiger partial charge in [0.05, 0.1) is 31.9 Å². The molecule has 0 spiro atoms. The number of ether oxygens (including phenoxy) is 2. The van der Waals surface area contributed by atoms with Crippen LogP contribution >= 0.6 is 0 Å². The number of rotatable bonds is 8. The van der Waals surface area contributed by atoms with Crippen molar-refractivity contribution in [1.29, 1.82) is 0 Å². The highest BCUT2D eigenvalue weighted by atomic mass is 16.5. The molecule has 0 fully saturated rings. The first-order chi connectivity index (χ1) is 8.31. The van der Waals surface area contributed by atoms with Gasteiger partial charge in [0.1, 0.15) is 0 Å². The van der Waals surface area contributed by atoms with Crippen molar-refractivity contribution in [2.45, 2.75) is 12.1 Å². The number of methoxy groups -OCH3 is 2. The standard InChI is InChI=1S/C13H21NO3/c1-16-9-12(8-15)14-13(10-17-2)11-6-4-3-5-7-11/h3-7,12-15H,8-10H2,1-2H3. The summed E-state index contributed by atoms with van der Waals surface area (Å²) in [6.07, 6.45) is 0. The molecule has 0 aliphatic heterocycles. The van der Waals surface area contributed by atoms with E-state index in [0.717, 1.165) is 5.56 Å². The van der Waals surface area contributed by atoms with Crippen molar-refractivity contribution in [3.05, 3.63) is 35.9 Å². The molecule has 0 aliphatic carbocycles. The van der Waals surface area contributed by atoms with Crippen LogP contribution in [0.5, 0.6) is 0 Å². The predicted octanol–water partition coefficient (Wildman–Crippen LogP) is 0.971. The van der Waals surface area contributed by atoms with Crippen LogP contribution in [-0.2, 0) is 9.47 Å². The summed E-state index contributed by atoms with van der Waals surface area (Å²) in [5, 5.41) is 12.6. The Morgan fingerprint density at radius 3 is 2.29 bits per heavy atom. The van der Waals surface area contributed by atoms with Crippen LogP contribution in [0.25, 0.3) is 0 Å². The van der Waals surface area contributed by atoms with Crippen LogP contribution < -0.4 is 5.32 Å². The van der Waals surface area contributed by atoms with Crippen LogP contribution in [0.1, 0.15) is 11.6 Å². The van der Waals surface area contributed by atoms with Gasteiger partial charge in [0.15, 0.2) is 0 Å². The molecule has 0 heterocycles. The molecule has 0 bridgehead atoms. The molecular weight excluding hydrogens is 218 g/mol. The molecule has 2 atom stereocenters. The van der Waals surface area contributed by atoms with E-state index >= 15 is 0 Å². The topological polar surface area (TPSA) is 50.7 Å². The third-order valence-corrected chi connectivity index (χ3v) is 2.56. The second-order valence-electron chi connectivity index (χ2n) is 3.92. The molecule has 2 N–H and O–H groups in total. The van der Waals surface area contributed by atoms with Gasteiger partial charge in [-0.25, -0.2) is 0 Å². The highest BCUT2D eigenvalue weighted by Crippen LogP contribution is 2.13. The summed E-state index contributed by atoms with van der Waals surface area (Å²) in [4.78, 5) is 0. The van der Waals surface area contributed by atoms with Crippen molar-refractivity contribution < 1.29 is 14.6 Å². The molecule has 0 aliphatic rings. The van der Waals surface area contributed by atoms with Gasteiger partial charge in [-0.15, -0.1) is 0 Å². The lowest BCUT2D eigenvalue weighted by molar-refractivity contribution is 0.103. The first-order valence-electron chi connectivity index (χ1n) is 5.71. The Labute approximate surface area is 103 Å². The quantitative estimate of drug-likeness (QED) is 0.710. The minimum Gasteiger partial charge on any atom is -0.395 e. The minimum absolute atomic E-state index is 0.0425. The van der Waals surface area contributed by atoms with Gasteiger partial charge in [-0.05, 0) is 5.56 Å². The zero-order valence-electron chi connectivity index (χ0n) is 10.4. The Morgan fingerprint density at radius 2 is 1.76 bits per heavy atom. The van der Waals surface area contributed by atoms with E-state index in [-0.39, 0.29) is 18.7 Å². The minimum atomic E-state index is -0.0830. The summed E-state index contributed by atoms with van der Waals surface area (Å²) in [7, 11) is 3.29.